The van der Waals surface area contributed by atoms with Gasteiger partial charge in [0.25, 0.3) is 0 Å². The van der Waals surface area contributed by atoms with Crippen molar-refractivity contribution in [1.82, 2.24) is 0 Å². The van der Waals surface area contributed by atoms with Crippen LogP contribution in [0, 0.1) is 0 Å². The molecule has 0 radical (unpaired) electrons. The summed E-state index contributed by atoms with van der Waals surface area (Å²) in [6.07, 6.45) is 3.73. The number of ether oxygens (including phenoxy) is 2. The predicted octanol–water partition coefficient (Wildman–Crippen LogP) is 2.77. The van der Waals surface area contributed by atoms with E-state index < -0.39 is 5.97 Å². The quantitative estimate of drug-likeness (QED) is 0.776. The number of carbonyl (C=O) groups is 2. The van der Waals surface area contributed by atoms with Crippen LogP contribution in [0.2, 0.25) is 0 Å². The van der Waals surface area contributed by atoms with Gasteiger partial charge in [-0.3, -0.25) is 4.79 Å². The molecule has 0 bridgehead atoms. The fourth-order valence-corrected chi connectivity index (χ4v) is 1.86. The molecule has 0 aromatic heterocycles. The zero-order chi connectivity index (χ0) is 14.3. The van der Waals surface area contributed by atoms with Gasteiger partial charge in [-0.05, 0) is 12.1 Å². The summed E-state index contributed by atoms with van der Waals surface area (Å²) >= 11 is 1.24. The van der Waals surface area contributed by atoms with Gasteiger partial charge in [0, 0.05) is 18.2 Å². The molecule has 0 heterocycles. The molecule has 0 fully saturated rings. The maximum absolute atomic E-state index is 11.4. The zero-order valence-electron chi connectivity index (χ0n) is 11.1. The summed E-state index contributed by atoms with van der Waals surface area (Å²) in [6.45, 7) is 1.53. The third-order valence-electron chi connectivity index (χ3n) is 2.33. The molecule has 0 spiro atoms. The van der Waals surface area contributed by atoms with Crippen molar-refractivity contribution in [2.45, 2.75) is 6.92 Å². The molecule has 102 valence electrons. The standard InChI is InChI=1S/C14H16O4S/c1-10(15)19-8-4-5-11-6-7-12(14(16)18-3)9-13(11)17-2/h4-7,9H,8H2,1-3H3. The van der Waals surface area contributed by atoms with Gasteiger partial charge < -0.3 is 9.47 Å². The predicted molar refractivity (Wildman–Crippen MR) is 76.5 cm³/mol. The van der Waals surface area contributed by atoms with E-state index in [0.717, 1.165) is 5.56 Å². The molecule has 0 saturated heterocycles. The SMILES string of the molecule is COC(=O)c1ccc(C=CCSC(C)=O)c(OC)c1. The van der Waals surface area contributed by atoms with Crippen LogP contribution < -0.4 is 4.74 Å². The number of esters is 1. The Balaban J connectivity index is 2.84. The maximum Gasteiger partial charge on any atom is 0.337 e. The number of rotatable bonds is 5. The van der Waals surface area contributed by atoms with Crippen molar-refractivity contribution in [3.05, 3.63) is 35.4 Å². The average molecular weight is 280 g/mol. The number of carbonyl (C=O) groups excluding carboxylic acids is 2. The van der Waals surface area contributed by atoms with Crippen molar-refractivity contribution < 1.29 is 19.1 Å². The highest BCUT2D eigenvalue weighted by Crippen LogP contribution is 2.22. The van der Waals surface area contributed by atoms with Gasteiger partial charge in [-0.2, -0.15) is 0 Å². The van der Waals surface area contributed by atoms with Gasteiger partial charge in [-0.1, -0.05) is 30.0 Å². The summed E-state index contributed by atoms with van der Waals surface area (Å²) in [5.41, 5.74) is 1.29. The molecule has 1 rings (SSSR count). The first-order valence-electron chi connectivity index (χ1n) is 5.64. The highest BCUT2D eigenvalue weighted by Gasteiger charge is 2.08. The molecule has 0 saturated carbocycles. The Bertz CT molecular complexity index is 494. The number of methoxy groups -OCH3 is 2. The first-order chi connectivity index (χ1) is 9.08. The summed E-state index contributed by atoms with van der Waals surface area (Å²) in [5, 5.41) is 0.0812. The highest BCUT2D eigenvalue weighted by molar-refractivity contribution is 8.13. The molecule has 1 aromatic rings. The smallest absolute Gasteiger partial charge is 0.337 e. The second-order valence-electron chi connectivity index (χ2n) is 3.65. The van der Waals surface area contributed by atoms with Gasteiger partial charge in [-0.25, -0.2) is 4.79 Å². The minimum absolute atomic E-state index is 0.0812. The summed E-state index contributed by atoms with van der Waals surface area (Å²) in [4.78, 5) is 22.2. The van der Waals surface area contributed by atoms with Crippen LogP contribution in [-0.4, -0.2) is 31.1 Å². The van der Waals surface area contributed by atoms with Crippen molar-refractivity contribution in [3.8, 4) is 5.75 Å². The van der Waals surface area contributed by atoms with E-state index in [-0.39, 0.29) is 5.12 Å². The van der Waals surface area contributed by atoms with Crippen LogP contribution in [0.4, 0.5) is 0 Å². The zero-order valence-corrected chi connectivity index (χ0v) is 12.0. The Morgan fingerprint density at radius 3 is 2.63 bits per heavy atom. The fourth-order valence-electron chi connectivity index (χ4n) is 1.43. The van der Waals surface area contributed by atoms with Crippen molar-refractivity contribution in [2.24, 2.45) is 0 Å². The number of benzene rings is 1. The molecule has 0 atom stereocenters. The van der Waals surface area contributed by atoms with E-state index in [4.69, 9.17) is 4.74 Å². The van der Waals surface area contributed by atoms with Crippen LogP contribution >= 0.6 is 11.8 Å². The summed E-state index contributed by atoms with van der Waals surface area (Å²) in [6, 6.07) is 5.08. The van der Waals surface area contributed by atoms with Crippen LogP contribution in [0.1, 0.15) is 22.8 Å². The first-order valence-corrected chi connectivity index (χ1v) is 6.63. The first kappa shape index (κ1) is 15.3. The van der Waals surface area contributed by atoms with Crippen molar-refractivity contribution in [3.63, 3.8) is 0 Å². The molecule has 5 heteroatoms. The van der Waals surface area contributed by atoms with Crippen LogP contribution in [0.3, 0.4) is 0 Å². The molecule has 19 heavy (non-hydrogen) atoms. The van der Waals surface area contributed by atoms with E-state index in [1.165, 1.54) is 32.9 Å². The summed E-state index contributed by atoms with van der Waals surface area (Å²) in [5.74, 6) is 0.796. The molecule has 0 unspecified atom stereocenters. The molecule has 1 aromatic carbocycles. The maximum atomic E-state index is 11.4. The topological polar surface area (TPSA) is 52.6 Å². The van der Waals surface area contributed by atoms with Crippen LogP contribution in [-0.2, 0) is 9.53 Å². The molecular weight excluding hydrogens is 264 g/mol. The lowest BCUT2D eigenvalue weighted by atomic mass is 10.1. The van der Waals surface area contributed by atoms with Gasteiger partial charge >= 0.3 is 5.97 Å². The van der Waals surface area contributed by atoms with Gasteiger partial charge in [0.05, 0.1) is 19.8 Å². The Hall–Kier alpha value is -1.75. The number of thioether (sulfide) groups is 1. The van der Waals surface area contributed by atoms with E-state index >= 15 is 0 Å². The van der Waals surface area contributed by atoms with Gasteiger partial charge in [0.15, 0.2) is 5.12 Å². The monoisotopic (exact) mass is 280 g/mol. The third-order valence-corrected chi connectivity index (χ3v) is 3.10. The van der Waals surface area contributed by atoms with E-state index in [2.05, 4.69) is 4.74 Å². The summed E-state index contributed by atoms with van der Waals surface area (Å²) in [7, 11) is 2.87. The Morgan fingerprint density at radius 1 is 1.32 bits per heavy atom. The third kappa shape index (κ3) is 4.79. The van der Waals surface area contributed by atoms with Crippen LogP contribution in [0.15, 0.2) is 24.3 Å². The minimum atomic E-state index is -0.402. The largest absolute Gasteiger partial charge is 0.496 e. The Morgan fingerprint density at radius 2 is 2.05 bits per heavy atom. The molecule has 0 aliphatic heterocycles. The van der Waals surface area contributed by atoms with E-state index in [1.807, 2.05) is 12.2 Å². The number of hydrogen-bond donors (Lipinski definition) is 0. The molecule has 0 aliphatic carbocycles. The van der Waals surface area contributed by atoms with Gasteiger partial charge in [0.1, 0.15) is 5.75 Å². The Labute approximate surface area is 116 Å². The lowest BCUT2D eigenvalue weighted by Crippen LogP contribution is -2.01. The van der Waals surface area contributed by atoms with Crippen molar-refractivity contribution >= 4 is 28.9 Å². The lowest BCUT2D eigenvalue weighted by Gasteiger charge is -2.07. The Kier molecular flexibility index (Phi) is 6.15. The second-order valence-corrected chi connectivity index (χ2v) is 4.85. The molecule has 0 amide bonds. The van der Waals surface area contributed by atoms with Gasteiger partial charge in [-0.15, -0.1) is 0 Å². The number of hydrogen-bond acceptors (Lipinski definition) is 5. The highest BCUT2D eigenvalue weighted by atomic mass is 32.2. The van der Waals surface area contributed by atoms with Crippen LogP contribution in [0.25, 0.3) is 6.08 Å². The van der Waals surface area contributed by atoms with Gasteiger partial charge in [0.2, 0.25) is 0 Å². The van der Waals surface area contributed by atoms with Crippen molar-refractivity contribution in [1.29, 1.82) is 0 Å². The molecule has 4 nitrogen and oxygen atoms in total. The van der Waals surface area contributed by atoms with E-state index in [0.29, 0.717) is 17.1 Å². The molecule has 0 N–H and O–H groups in total. The minimum Gasteiger partial charge on any atom is -0.496 e. The second kappa shape index (κ2) is 7.63. The molecular formula is C14H16O4S. The van der Waals surface area contributed by atoms with E-state index in [1.54, 1.807) is 18.2 Å². The summed E-state index contributed by atoms with van der Waals surface area (Å²) < 4.78 is 9.87. The van der Waals surface area contributed by atoms with Crippen LogP contribution in [0.5, 0.6) is 5.75 Å². The normalized spacial score (nSPS) is 10.5. The fraction of sp³-hybridized carbons (Fsp3) is 0.286. The van der Waals surface area contributed by atoms with Crippen molar-refractivity contribution in [2.75, 3.05) is 20.0 Å². The average Bonchev–Trinajstić information content (AvgIpc) is 2.42. The molecule has 0 aliphatic rings. The van der Waals surface area contributed by atoms with E-state index in [9.17, 15) is 9.59 Å². The lowest BCUT2D eigenvalue weighted by molar-refractivity contribution is -0.109.